The maximum Gasteiger partial charge on any atom is 0.188 e. The van der Waals surface area contributed by atoms with Gasteiger partial charge < -0.3 is 4.74 Å². The van der Waals surface area contributed by atoms with Crippen molar-refractivity contribution in [3.8, 4) is 5.75 Å². The molecule has 0 radical (unpaired) electrons. The number of hydrogen-bond acceptors (Lipinski definition) is 6. The van der Waals surface area contributed by atoms with Crippen LogP contribution in [-0.4, -0.2) is 16.7 Å². The Labute approximate surface area is 121 Å². The van der Waals surface area contributed by atoms with Gasteiger partial charge in [0, 0.05) is 16.1 Å². The summed E-state index contributed by atoms with van der Waals surface area (Å²) in [7, 11) is 4.18. The van der Waals surface area contributed by atoms with Crippen molar-refractivity contribution in [1.82, 2.24) is 4.37 Å². The van der Waals surface area contributed by atoms with Crippen molar-refractivity contribution < 1.29 is 4.74 Å². The minimum absolute atomic E-state index is 0.267. The summed E-state index contributed by atoms with van der Waals surface area (Å²) in [5.41, 5.74) is 0.726. The molecule has 2 rings (SSSR count). The first-order valence-corrected chi connectivity index (χ1v) is 7.60. The van der Waals surface area contributed by atoms with Gasteiger partial charge in [0.05, 0.1) is 7.11 Å². The average molecular weight is 320 g/mol. The van der Waals surface area contributed by atoms with Crippen LogP contribution in [0.15, 0.2) is 34.5 Å². The second-order valence-corrected chi connectivity index (χ2v) is 5.62. The minimum Gasteiger partial charge on any atom is -0.497 e. The van der Waals surface area contributed by atoms with Crippen LogP contribution < -0.4 is 9.41 Å². The number of halogens is 2. The van der Waals surface area contributed by atoms with E-state index < -0.39 is 0 Å². The van der Waals surface area contributed by atoms with Crippen molar-refractivity contribution in [3.63, 3.8) is 0 Å². The molecule has 1 aromatic heterocycles. The molecule has 4 nitrogen and oxygen atoms in total. The van der Waals surface area contributed by atoms with Gasteiger partial charge >= 0.3 is 0 Å². The van der Waals surface area contributed by atoms with Crippen molar-refractivity contribution >= 4 is 49.2 Å². The van der Waals surface area contributed by atoms with Gasteiger partial charge in [-0.15, -0.1) is 10.2 Å². The Kier molecular flexibility index (Phi) is 4.71. The van der Waals surface area contributed by atoms with Crippen LogP contribution in [0.5, 0.6) is 5.75 Å². The highest BCUT2D eigenvalue weighted by molar-refractivity contribution is 7.66. The molecule has 0 spiro atoms. The Morgan fingerprint density at radius 1 is 1.44 bits per heavy atom. The first-order chi connectivity index (χ1) is 8.70. The molecule has 0 aliphatic carbocycles. The van der Waals surface area contributed by atoms with Gasteiger partial charge in [-0.25, -0.2) is 0 Å². The lowest BCUT2D eigenvalue weighted by molar-refractivity contribution is 0.414. The van der Waals surface area contributed by atoms with Gasteiger partial charge in [0.25, 0.3) is 0 Å². The summed E-state index contributed by atoms with van der Waals surface area (Å²) < 4.78 is 9.54. The van der Waals surface area contributed by atoms with Crippen molar-refractivity contribution in [2.75, 3.05) is 7.11 Å². The largest absolute Gasteiger partial charge is 0.497 e. The SMILES string of the molecule is COc1cccc(/C(Cl)=N/N=c2/ssnc2Cl)c1. The summed E-state index contributed by atoms with van der Waals surface area (Å²) in [6.45, 7) is 0. The van der Waals surface area contributed by atoms with E-state index in [1.54, 1.807) is 13.2 Å². The van der Waals surface area contributed by atoms with Crippen molar-refractivity contribution in [2.45, 2.75) is 0 Å². The molecule has 8 heteroatoms. The fraction of sp³-hybridized carbons (Fsp3) is 0.100. The molecule has 94 valence electrons. The molecule has 0 atom stereocenters. The van der Waals surface area contributed by atoms with E-state index in [2.05, 4.69) is 14.6 Å². The molecular formula is C10H7Cl2N3OS2. The molecule has 2 aromatic rings. The van der Waals surface area contributed by atoms with Gasteiger partial charge in [-0.2, -0.15) is 4.37 Å². The summed E-state index contributed by atoms with van der Waals surface area (Å²) in [5.74, 6) is 0.707. The van der Waals surface area contributed by atoms with Crippen LogP contribution in [0.4, 0.5) is 0 Å². The maximum absolute atomic E-state index is 6.05. The third kappa shape index (κ3) is 3.29. The van der Waals surface area contributed by atoms with Crippen LogP contribution in [0, 0.1) is 0 Å². The summed E-state index contributed by atoms with van der Waals surface area (Å²) in [5, 5.41) is 8.47. The molecule has 0 bridgehead atoms. The van der Waals surface area contributed by atoms with Gasteiger partial charge in [0.1, 0.15) is 5.75 Å². The highest BCUT2D eigenvalue weighted by atomic mass is 35.5. The Hall–Kier alpha value is -0.950. The predicted molar refractivity (Wildman–Crippen MR) is 75.9 cm³/mol. The van der Waals surface area contributed by atoms with Gasteiger partial charge in [0.2, 0.25) is 0 Å². The van der Waals surface area contributed by atoms with E-state index in [1.165, 1.54) is 20.9 Å². The molecule has 0 saturated heterocycles. The lowest BCUT2D eigenvalue weighted by atomic mass is 10.2. The first-order valence-electron chi connectivity index (χ1n) is 4.74. The van der Waals surface area contributed by atoms with Gasteiger partial charge in [0.15, 0.2) is 15.0 Å². The Morgan fingerprint density at radius 2 is 2.28 bits per heavy atom. The monoisotopic (exact) mass is 319 g/mol. The summed E-state index contributed by atoms with van der Waals surface area (Å²) >= 11 is 11.9. The average Bonchev–Trinajstić information content (AvgIpc) is 2.81. The Bertz CT molecular complexity index is 636. The zero-order chi connectivity index (χ0) is 13.0. The fourth-order valence-corrected chi connectivity index (χ4v) is 3.18. The maximum atomic E-state index is 6.05. The van der Waals surface area contributed by atoms with Crippen LogP contribution in [0.25, 0.3) is 0 Å². The number of aromatic nitrogens is 1. The van der Waals surface area contributed by atoms with Crippen LogP contribution in [0.2, 0.25) is 5.15 Å². The van der Waals surface area contributed by atoms with Crippen LogP contribution in [0.3, 0.4) is 0 Å². The molecule has 0 N–H and O–H groups in total. The second-order valence-electron chi connectivity index (χ2n) is 3.07. The van der Waals surface area contributed by atoms with E-state index in [0.717, 1.165) is 5.56 Å². The van der Waals surface area contributed by atoms with E-state index >= 15 is 0 Å². The molecule has 18 heavy (non-hydrogen) atoms. The lowest BCUT2D eigenvalue weighted by Gasteiger charge is -2.01. The molecule has 0 unspecified atom stereocenters. The van der Waals surface area contributed by atoms with E-state index in [-0.39, 0.29) is 5.17 Å². The van der Waals surface area contributed by atoms with E-state index in [4.69, 9.17) is 27.9 Å². The zero-order valence-electron chi connectivity index (χ0n) is 9.13. The predicted octanol–water partition coefficient (Wildman–Crippen LogP) is 3.37. The third-order valence-electron chi connectivity index (χ3n) is 1.95. The number of hydrogen-bond donors (Lipinski definition) is 0. The summed E-state index contributed by atoms with van der Waals surface area (Å²) in [6.07, 6.45) is 0. The number of ether oxygens (including phenoxy) is 1. The molecule has 0 amide bonds. The van der Waals surface area contributed by atoms with Crippen LogP contribution in [0.1, 0.15) is 5.56 Å². The van der Waals surface area contributed by atoms with Crippen LogP contribution in [-0.2, 0) is 0 Å². The number of benzene rings is 1. The first kappa shape index (κ1) is 13.5. The quantitative estimate of drug-likeness (QED) is 0.494. The molecule has 1 aromatic carbocycles. The smallest absolute Gasteiger partial charge is 0.188 e. The highest BCUT2D eigenvalue weighted by Crippen LogP contribution is 2.15. The second kappa shape index (κ2) is 6.29. The minimum atomic E-state index is 0.267. The molecule has 0 aliphatic rings. The van der Waals surface area contributed by atoms with Crippen molar-refractivity contribution in [1.29, 1.82) is 0 Å². The fourth-order valence-electron chi connectivity index (χ4n) is 1.12. The number of nitrogens with zero attached hydrogens (tertiary/aromatic N) is 3. The standard InChI is InChI=1S/C10H7Cl2N3OS2/c1-16-7-4-2-3-6(5-7)8(11)13-14-10-9(12)15-18-17-10/h2-5H,1H3/b13-8-,14-10+. The Balaban J connectivity index is 2.31. The number of methoxy groups -OCH3 is 1. The van der Waals surface area contributed by atoms with Crippen LogP contribution >= 0.6 is 44.1 Å². The molecule has 0 aliphatic heterocycles. The summed E-state index contributed by atoms with van der Waals surface area (Å²) in [4.78, 5) is 0. The van der Waals surface area contributed by atoms with Gasteiger partial charge in [-0.3, -0.25) is 0 Å². The topological polar surface area (TPSA) is 46.8 Å². The third-order valence-corrected chi connectivity index (χ3v) is 4.40. The highest BCUT2D eigenvalue weighted by Gasteiger charge is 2.02. The van der Waals surface area contributed by atoms with Gasteiger partial charge in [-0.1, -0.05) is 35.3 Å². The normalized spacial score (nSPS) is 12.8. The Morgan fingerprint density at radius 3 is 2.94 bits per heavy atom. The van der Waals surface area contributed by atoms with E-state index in [9.17, 15) is 0 Å². The molecular weight excluding hydrogens is 313 g/mol. The van der Waals surface area contributed by atoms with Crippen molar-refractivity contribution in [3.05, 3.63) is 39.7 Å². The molecule has 0 saturated carbocycles. The molecule has 0 fully saturated rings. The lowest BCUT2D eigenvalue weighted by Crippen LogP contribution is -1.96. The van der Waals surface area contributed by atoms with Crippen molar-refractivity contribution in [2.24, 2.45) is 10.2 Å². The molecule has 1 heterocycles. The van der Waals surface area contributed by atoms with E-state index in [1.807, 2.05) is 18.2 Å². The zero-order valence-corrected chi connectivity index (χ0v) is 12.3. The summed E-state index contributed by atoms with van der Waals surface area (Å²) in [6, 6.07) is 7.25. The van der Waals surface area contributed by atoms with E-state index in [0.29, 0.717) is 15.6 Å². The van der Waals surface area contributed by atoms with Gasteiger partial charge in [-0.05, 0) is 22.5 Å². The number of rotatable bonds is 3.